The average molecular weight is 336 g/mol. The Kier molecular flexibility index (Phi) is 5.09. The zero-order valence-corrected chi connectivity index (χ0v) is 14.3. The van der Waals surface area contributed by atoms with Crippen molar-refractivity contribution in [2.24, 2.45) is 0 Å². The number of rotatable bonds is 6. The minimum Gasteiger partial charge on any atom is -0.362 e. The van der Waals surface area contributed by atoms with Gasteiger partial charge in [-0.2, -0.15) is 0 Å². The van der Waals surface area contributed by atoms with Gasteiger partial charge in [0.15, 0.2) is 5.76 Å². The van der Waals surface area contributed by atoms with Crippen LogP contribution in [0.25, 0.3) is 11.3 Å². The maximum absolute atomic E-state index is 12.4. The Hall–Kier alpha value is -3.15. The molecule has 0 aliphatic heterocycles. The molecule has 1 N–H and O–H groups in total. The van der Waals surface area contributed by atoms with Crippen LogP contribution >= 0.6 is 0 Å². The lowest BCUT2D eigenvalue weighted by Gasteiger charge is -2.15. The minimum absolute atomic E-state index is 0.149. The quantitative estimate of drug-likeness (QED) is 0.749. The molecule has 0 radical (unpaired) electrons. The average Bonchev–Trinajstić information content (AvgIpc) is 3.11. The Morgan fingerprint density at radius 3 is 2.72 bits per heavy atom. The fourth-order valence-electron chi connectivity index (χ4n) is 2.50. The van der Waals surface area contributed by atoms with Gasteiger partial charge in [0.25, 0.3) is 5.91 Å². The monoisotopic (exact) mass is 336 g/mol. The second-order valence-corrected chi connectivity index (χ2v) is 5.82. The van der Waals surface area contributed by atoms with Gasteiger partial charge in [0.05, 0.1) is 11.3 Å². The van der Waals surface area contributed by atoms with Gasteiger partial charge < -0.3 is 14.7 Å². The normalized spacial score (nSPS) is 10.5. The second-order valence-electron chi connectivity index (χ2n) is 5.82. The number of anilines is 1. The van der Waals surface area contributed by atoms with Crippen molar-refractivity contribution >= 4 is 11.7 Å². The summed E-state index contributed by atoms with van der Waals surface area (Å²) in [6.45, 7) is 0.474. The molecule has 25 heavy (non-hydrogen) atoms. The summed E-state index contributed by atoms with van der Waals surface area (Å²) >= 11 is 0. The van der Waals surface area contributed by atoms with Crippen LogP contribution in [0.4, 0.5) is 5.82 Å². The summed E-state index contributed by atoms with van der Waals surface area (Å²) in [5.41, 5.74) is 2.34. The van der Waals surface area contributed by atoms with Gasteiger partial charge in [-0.05, 0) is 12.1 Å². The van der Waals surface area contributed by atoms with E-state index < -0.39 is 0 Å². The molecule has 2 heterocycles. The molecule has 0 atom stereocenters. The van der Waals surface area contributed by atoms with Crippen LogP contribution in [0.2, 0.25) is 0 Å². The van der Waals surface area contributed by atoms with Crippen molar-refractivity contribution in [3.8, 4) is 11.3 Å². The van der Waals surface area contributed by atoms with Crippen LogP contribution in [0.1, 0.15) is 16.1 Å². The van der Waals surface area contributed by atoms with Crippen LogP contribution in [0, 0.1) is 0 Å². The van der Waals surface area contributed by atoms with Gasteiger partial charge in [-0.25, -0.2) is 4.98 Å². The zero-order chi connectivity index (χ0) is 17.6. The molecule has 0 aliphatic rings. The Bertz CT molecular complexity index is 843. The molecule has 128 valence electrons. The number of amides is 1. The molecule has 3 rings (SSSR count). The van der Waals surface area contributed by atoms with Gasteiger partial charge in [0.2, 0.25) is 0 Å². The predicted octanol–water partition coefficient (Wildman–Crippen LogP) is 2.78. The molecule has 0 fully saturated rings. The van der Waals surface area contributed by atoms with Crippen LogP contribution < -0.4 is 10.2 Å². The van der Waals surface area contributed by atoms with E-state index in [4.69, 9.17) is 4.52 Å². The SMILES string of the molecule is CN(C)c1ncccc1C(=O)NCCc1cc(-c2ccccc2)on1. The molecule has 6 heteroatoms. The molecule has 2 aromatic heterocycles. The molecule has 6 nitrogen and oxygen atoms in total. The highest BCUT2D eigenvalue weighted by molar-refractivity contribution is 5.98. The molecule has 0 unspecified atom stereocenters. The Morgan fingerprint density at radius 2 is 1.96 bits per heavy atom. The van der Waals surface area contributed by atoms with E-state index >= 15 is 0 Å². The van der Waals surface area contributed by atoms with E-state index in [2.05, 4.69) is 15.5 Å². The van der Waals surface area contributed by atoms with Gasteiger partial charge in [-0.15, -0.1) is 0 Å². The largest absolute Gasteiger partial charge is 0.362 e. The number of aromatic nitrogens is 2. The standard InChI is InChI=1S/C19H20N4O2/c1-23(2)18-16(9-6-11-20-18)19(24)21-12-10-15-13-17(25-22-15)14-7-4-3-5-8-14/h3-9,11,13H,10,12H2,1-2H3,(H,21,24). The fraction of sp³-hybridized carbons (Fsp3) is 0.211. The summed E-state index contributed by atoms with van der Waals surface area (Å²) in [6, 6.07) is 15.2. The summed E-state index contributed by atoms with van der Waals surface area (Å²) < 4.78 is 5.36. The van der Waals surface area contributed by atoms with Gasteiger partial charge in [-0.1, -0.05) is 35.5 Å². The first-order valence-electron chi connectivity index (χ1n) is 8.06. The van der Waals surface area contributed by atoms with E-state index in [1.807, 2.05) is 55.4 Å². The third-order valence-corrected chi connectivity index (χ3v) is 3.74. The molecule has 0 spiro atoms. The summed E-state index contributed by atoms with van der Waals surface area (Å²) in [5.74, 6) is 1.22. The molecule has 1 aromatic carbocycles. The number of carbonyl (C=O) groups excluding carboxylic acids is 1. The zero-order valence-electron chi connectivity index (χ0n) is 14.3. The van der Waals surface area contributed by atoms with E-state index in [-0.39, 0.29) is 5.91 Å². The number of benzene rings is 1. The van der Waals surface area contributed by atoms with Crippen molar-refractivity contribution < 1.29 is 9.32 Å². The lowest BCUT2D eigenvalue weighted by Crippen LogP contribution is -2.28. The van der Waals surface area contributed by atoms with Gasteiger partial charge in [-0.3, -0.25) is 4.79 Å². The smallest absolute Gasteiger partial charge is 0.255 e. The van der Waals surface area contributed by atoms with Crippen LogP contribution in [-0.2, 0) is 6.42 Å². The van der Waals surface area contributed by atoms with Gasteiger partial charge in [0, 0.05) is 44.9 Å². The number of nitrogens with zero attached hydrogens (tertiary/aromatic N) is 3. The first kappa shape index (κ1) is 16.7. The molecule has 3 aromatic rings. The van der Waals surface area contributed by atoms with E-state index in [1.165, 1.54) is 0 Å². The topological polar surface area (TPSA) is 71.3 Å². The van der Waals surface area contributed by atoms with E-state index in [9.17, 15) is 4.79 Å². The third-order valence-electron chi connectivity index (χ3n) is 3.74. The number of nitrogens with one attached hydrogen (secondary N) is 1. The molecule has 1 amide bonds. The molecule has 0 saturated carbocycles. The Labute approximate surface area is 146 Å². The highest BCUT2D eigenvalue weighted by Crippen LogP contribution is 2.19. The predicted molar refractivity (Wildman–Crippen MR) is 96.5 cm³/mol. The van der Waals surface area contributed by atoms with Crippen molar-refractivity contribution in [3.63, 3.8) is 0 Å². The third kappa shape index (κ3) is 4.03. The first-order chi connectivity index (χ1) is 12.1. The van der Waals surface area contributed by atoms with Gasteiger partial charge >= 0.3 is 0 Å². The Morgan fingerprint density at radius 1 is 1.16 bits per heavy atom. The maximum Gasteiger partial charge on any atom is 0.255 e. The van der Waals surface area contributed by atoms with E-state index in [0.717, 1.165) is 17.0 Å². The van der Waals surface area contributed by atoms with Crippen molar-refractivity contribution in [1.29, 1.82) is 0 Å². The molecule has 0 aliphatic carbocycles. The van der Waals surface area contributed by atoms with Crippen LogP contribution in [0.15, 0.2) is 59.3 Å². The number of pyridine rings is 1. The first-order valence-corrected chi connectivity index (χ1v) is 8.06. The van der Waals surface area contributed by atoms with Crippen molar-refractivity contribution in [1.82, 2.24) is 15.5 Å². The van der Waals surface area contributed by atoms with Crippen molar-refractivity contribution in [2.45, 2.75) is 6.42 Å². The van der Waals surface area contributed by atoms with Crippen LogP contribution in [-0.4, -0.2) is 36.7 Å². The van der Waals surface area contributed by atoms with E-state index in [0.29, 0.717) is 24.3 Å². The highest BCUT2D eigenvalue weighted by atomic mass is 16.5. The minimum atomic E-state index is -0.149. The van der Waals surface area contributed by atoms with Gasteiger partial charge in [0.1, 0.15) is 5.82 Å². The Balaban J connectivity index is 1.59. The molecule has 0 bridgehead atoms. The summed E-state index contributed by atoms with van der Waals surface area (Å²) in [4.78, 5) is 18.4. The number of hydrogen-bond acceptors (Lipinski definition) is 5. The highest BCUT2D eigenvalue weighted by Gasteiger charge is 2.13. The number of carbonyl (C=O) groups is 1. The summed E-state index contributed by atoms with van der Waals surface area (Å²) in [5, 5.41) is 6.97. The number of hydrogen-bond donors (Lipinski definition) is 1. The lowest BCUT2D eigenvalue weighted by molar-refractivity contribution is 0.0954. The van der Waals surface area contributed by atoms with Crippen molar-refractivity contribution in [3.05, 3.63) is 66.0 Å². The molecular formula is C19H20N4O2. The maximum atomic E-state index is 12.4. The summed E-state index contributed by atoms with van der Waals surface area (Å²) in [6.07, 6.45) is 2.27. The fourth-order valence-corrected chi connectivity index (χ4v) is 2.50. The van der Waals surface area contributed by atoms with E-state index in [1.54, 1.807) is 18.3 Å². The second kappa shape index (κ2) is 7.61. The van der Waals surface area contributed by atoms with Crippen molar-refractivity contribution in [2.75, 3.05) is 25.5 Å². The van der Waals surface area contributed by atoms with Crippen LogP contribution in [0.5, 0.6) is 0 Å². The van der Waals surface area contributed by atoms with Crippen LogP contribution in [0.3, 0.4) is 0 Å². The summed E-state index contributed by atoms with van der Waals surface area (Å²) in [7, 11) is 3.72. The molecule has 0 saturated heterocycles. The lowest BCUT2D eigenvalue weighted by atomic mass is 10.1. The molecular weight excluding hydrogens is 316 g/mol.